The van der Waals surface area contributed by atoms with Crippen LogP contribution in [0.25, 0.3) is 0 Å². The van der Waals surface area contributed by atoms with E-state index in [0.29, 0.717) is 0 Å². The number of ether oxygens (including phenoxy) is 2. The SMILES string of the molecule is O=C1CCN(C2OC(COP(=O)(O)OP(=O)(O)OC3OC(C(=O)O)C(O)C(O)C3O)C(O)C2O)C(=O)N1. The van der Waals surface area contributed by atoms with Crippen LogP contribution in [0.15, 0.2) is 0 Å². The largest absolute Gasteiger partial charge is 0.483 e. The first kappa shape index (κ1) is 29.9. The molecule has 3 heterocycles. The molecule has 22 heteroatoms. The summed E-state index contributed by atoms with van der Waals surface area (Å²) in [4.78, 5) is 54.7. The molecule has 0 spiro atoms. The number of carbonyl (C=O) groups excluding carboxylic acids is 2. The highest BCUT2D eigenvalue weighted by Gasteiger charge is 2.52. The Hall–Kier alpha value is -1.61. The smallest absolute Gasteiger partial charge is 0.479 e. The maximum Gasteiger partial charge on any atom is 0.483 e. The molecule has 0 radical (unpaired) electrons. The fourth-order valence-corrected chi connectivity index (χ4v) is 5.71. The minimum atomic E-state index is -5.71. The predicted octanol–water partition coefficient (Wildman–Crippen LogP) is -4.48. The normalized spacial score (nSPS) is 40.1. The Kier molecular flexibility index (Phi) is 9.10. The Morgan fingerprint density at radius 2 is 1.62 bits per heavy atom. The Bertz CT molecular complexity index is 996. The molecule has 37 heavy (non-hydrogen) atoms. The van der Waals surface area contributed by atoms with Gasteiger partial charge in [0.05, 0.1) is 6.61 Å². The maximum atomic E-state index is 12.2. The molecule has 20 nitrogen and oxygen atoms in total. The van der Waals surface area contributed by atoms with E-state index in [-0.39, 0.29) is 13.0 Å². The van der Waals surface area contributed by atoms with Gasteiger partial charge in [-0.15, -0.1) is 0 Å². The van der Waals surface area contributed by atoms with Gasteiger partial charge in [-0.3, -0.25) is 24.1 Å². The van der Waals surface area contributed by atoms with E-state index in [4.69, 9.17) is 9.84 Å². The highest BCUT2D eigenvalue weighted by atomic mass is 31.3. The number of phosphoric ester groups is 2. The van der Waals surface area contributed by atoms with Crippen molar-refractivity contribution in [1.82, 2.24) is 10.2 Å². The monoisotopic (exact) mass is 582 g/mol. The van der Waals surface area contributed by atoms with Crippen molar-refractivity contribution in [1.29, 1.82) is 0 Å². The molecule has 9 N–H and O–H groups in total. The molecule has 3 rings (SSSR count). The summed E-state index contributed by atoms with van der Waals surface area (Å²) in [7, 11) is -11.3. The maximum absolute atomic E-state index is 12.2. The number of nitrogens with zero attached hydrogens (tertiary/aromatic N) is 1. The molecule has 0 saturated carbocycles. The Balaban J connectivity index is 1.58. The van der Waals surface area contributed by atoms with Crippen LogP contribution in [0.2, 0.25) is 0 Å². The molecule has 11 unspecified atom stereocenters. The number of urea groups is 1. The van der Waals surface area contributed by atoms with Crippen LogP contribution in [0.4, 0.5) is 4.79 Å². The van der Waals surface area contributed by atoms with Gasteiger partial charge in [-0.25, -0.2) is 18.7 Å². The molecule has 3 fully saturated rings. The van der Waals surface area contributed by atoms with Gasteiger partial charge in [0.15, 0.2) is 18.6 Å². The van der Waals surface area contributed by atoms with E-state index in [2.05, 4.69) is 18.1 Å². The van der Waals surface area contributed by atoms with E-state index in [9.17, 15) is 58.8 Å². The fourth-order valence-electron chi connectivity index (χ4n) is 3.56. The van der Waals surface area contributed by atoms with Crippen LogP contribution in [0.1, 0.15) is 6.42 Å². The lowest BCUT2D eigenvalue weighted by atomic mass is 9.99. The minimum Gasteiger partial charge on any atom is -0.479 e. The van der Waals surface area contributed by atoms with Crippen molar-refractivity contribution >= 4 is 33.6 Å². The van der Waals surface area contributed by atoms with Crippen LogP contribution in [0, 0.1) is 0 Å². The average Bonchev–Trinajstić information content (AvgIpc) is 3.05. The lowest BCUT2D eigenvalue weighted by molar-refractivity contribution is -0.274. The number of amides is 3. The quantitative estimate of drug-likeness (QED) is 0.116. The first-order valence-electron chi connectivity index (χ1n) is 10.3. The molecule has 3 saturated heterocycles. The third kappa shape index (κ3) is 6.88. The summed E-state index contributed by atoms with van der Waals surface area (Å²) in [6.07, 6.45) is -18.1. The van der Waals surface area contributed by atoms with Crippen LogP contribution >= 0.6 is 15.6 Å². The van der Waals surface area contributed by atoms with Crippen molar-refractivity contribution in [2.24, 2.45) is 0 Å². The molecule has 3 amide bonds. The number of carboxylic acid groups (broad SMARTS) is 1. The van der Waals surface area contributed by atoms with E-state index < -0.39 is 95.4 Å². The van der Waals surface area contributed by atoms with Crippen molar-refractivity contribution in [3.8, 4) is 0 Å². The van der Waals surface area contributed by atoms with Crippen molar-refractivity contribution in [3.63, 3.8) is 0 Å². The Labute approximate surface area is 206 Å². The number of aliphatic hydroxyl groups excluding tert-OH is 5. The zero-order valence-corrected chi connectivity index (χ0v) is 20.1. The van der Waals surface area contributed by atoms with Gasteiger partial charge in [-0.1, -0.05) is 0 Å². The number of rotatable bonds is 9. The lowest BCUT2D eigenvalue weighted by Crippen LogP contribution is -2.60. The lowest BCUT2D eigenvalue weighted by Gasteiger charge is -2.38. The molecular formula is C15H24N2O18P2. The number of imide groups is 1. The van der Waals surface area contributed by atoms with Crippen molar-refractivity contribution in [2.75, 3.05) is 13.2 Å². The summed E-state index contributed by atoms with van der Waals surface area (Å²) in [5, 5.41) is 60.3. The first-order chi connectivity index (χ1) is 17.0. The number of hydrogen-bond donors (Lipinski definition) is 9. The molecule has 0 aromatic rings. The Morgan fingerprint density at radius 3 is 2.22 bits per heavy atom. The van der Waals surface area contributed by atoms with Crippen molar-refractivity contribution in [2.45, 2.75) is 61.7 Å². The molecule has 0 aliphatic carbocycles. The number of hydrogen-bond acceptors (Lipinski definition) is 15. The van der Waals surface area contributed by atoms with Crippen LogP contribution in [0.3, 0.4) is 0 Å². The van der Waals surface area contributed by atoms with Crippen LogP contribution in [0.5, 0.6) is 0 Å². The van der Waals surface area contributed by atoms with E-state index >= 15 is 0 Å². The summed E-state index contributed by atoms with van der Waals surface area (Å²) >= 11 is 0. The van der Waals surface area contributed by atoms with Crippen LogP contribution in [-0.4, -0.2) is 132 Å². The molecule has 11 atom stereocenters. The second kappa shape index (κ2) is 11.2. The van der Waals surface area contributed by atoms with Gasteiger partial charge in [0.25, 0.3) is 0 Å². The number of carboxylic acids is 1. The van der Waals surface area contributed by atoms with E-state index in [1.807, 2.05) is 5.32 Å². The molecule has 0 aromatic carbocycles. The van der Waals surface area contributed by atoms with Gasteiger partial charge in [0.1, 0.15) is 36.6 Å². The van der Waals surface area contributed by atoms with Crippen LogP contribution < -0.4 is 5.32 Å². The Morgan fingerprint density at radius 1 is 0.973 bits per heavy atom. The molecular weight excluding hydrogens is 558 g/mol. The fraction of sp³-hybridized carbons (Fsp3) is 0.800. The van der Waals surface area contributed by atoms with Gasteiger partial charge in [0, 0.05) is 13.0 Å². The van der Waals surface area contributed by atoms with Crippen molar-refractivity contribution in [3.05, 3.63) is 0 Å². The standard InChI is InChI=1S/C15H24N2O18P2/c18-5-1-2-17(15(26)16-5)12-9(22)6(19)4(32-12)3-31-36(27,28)35-37(29,30)34-14-10(23)7(20)8(21)11(33-14)13(24)25/h4,6-12,14,19-23H,1-3H2,(H,24,25)(H,27,28)(H,29,30)(H,16,18,26). The topological polar surface area (TPSA) is 309 Å². The number of nitrogens with one attached hydrogen (secondary N) is 1. The number of carbonyl (C=O) groups is 3. The summed E-state index contributed by atoms with van der Waals surface area (Å²) in [6, 6.07) is -0.932. The highest BCUT2D eigenvalue weighted by molar-refractivity contribution is 7.61. The van der Waals surface area contributed by atoms with Crippen LogP contribution in [-0.2, 0) is 41.6 Å². The summed E-state index contributed by atoms with van der Waals surface area (Å²) in [5.41, 5.74) is 0. The van der Waals surface area contributed by atoms with Gasteiger partial charge >= 0.3 is 27.6 Å². The van der Waals surface area contributed by atoms with Gasteiger partial charge in [-0.2, -0.15) is 4.31 Å². The van der Waals surface area contributed by atoms with Gasteiger partial charge < -0.3 is 49.9 Å². The second-order valence-electron chi connectivity index (χ2n) is 8.00. The zero-order valence-electron chi connectivity index (χ0n) is 18.3. The minimum absolute atomic E-state index is 0.135. The molecule has 0 bridgehead atoms. The van der Waals surface area contributed by atoms with E-state index in [1.54, 1.807) is 0 Å². The molecule has 0 aromatic heterocycles. The summed E-state index contributed by atoms with van der Waals surface area (Å²) < 4.78 is 47.0. The van der Waals surface area contributed by atoms with Crippen molar-refractivity contribution < 1.29 is 86.8 Å². The first-order valence-corrected chi connectivity index (χ1v) is 13.3. The number of aliphatic carboxylic acids is 1. The van der Waals surface area contributed by atoms with Gasteiger partial charge in [0.2, 0.25) is 5.91 Å². The second-order valence-corrected chi connectivity index (χ2v) is 11.0. The van der Waals surface area contributed by atoms with E-state index in [1.165, 1.54) is 0 Å². The van der Waals surface area contributed by atoms with E-state index in [0.717, 1.165) is 4.90 Å². The highest BCUT2D eigenvalue weighted by Crippen LogP contribution is 2.61. The zero-order chi connectivity index (χ0) is 27.9. The number of aliphatic hydroxyl groups is 5. The predicted molar refractivity (Wildman–Crippen MR) is 108 cm³/mol. The third-order valence-electron chi connectivity index (χ3n) is 5.39. The average molecular weight is 582 g/mol. The molecule has 212 valence electrons. The summed E-state index contributed by atoms with van der Waals surface area (Å²) in [6.45, 7) is -1.23. The molecule has 3 aliphatic heterocycles. The third-order valence-corrected chi connectivity index (χ3v) is 7.99. The molecule has 3 aliphatic rings. The number of phosphoric acid groups is 2. The summed E-state index contributed by atoms with van der Waals surface area (Å²) in [5.74, 6) is -2.43. The van der Waals surface area contributed by atoms with Gasteiger partial charge in [-0.05, 0) is 0 Å².